The van der Waals surface area contributed by atoms with E-state index >= 15 is 0 Å². The molecule has 0 saturated carbocycles. The van der Waals surface area contributed by atoms with Crippen molar-refractivity contribution in [3.63, 3.8) is 0 Å². The molecule has 5 rings (SSSR count). The van der Waals surface area contributed by atoms with Gasteiger partial charge in [0.05, 0.1) is 77.3 Å². The number of rotatable bonds is 9. The van der Waals surface area contributed by atoms with E-state index in [9.17, 15) is 0 Å². The minimum absolute atomic E-state index is 0.567. The predicted molar refractivity (Wildman–Crippen MR) is 162 cm³/mol. The first kappa shape index (κ1) is 28.4. The van der Waals surface area contributed by atoms with Crippen molar-refractivity contribution in [3.05, 3.63) is 93.9 Å². The molecule has 1 aliphatic heterocycles. The highest BCUT2D eigenvalue weighted by Crippen LogP contribution is 2.44. The summed E-state index contributed by atoms with van der Waals surface area (Å²) in [5.41, 5.74) is 5.03. The molecule has 0 radical (unpaired) electrons. The van der Waals surface area contributed by atoms with Crippen LogP contribution in [-0.2, 0) is 0 Å². The predicted octanol–water partition coefficient (Wildman–Crippen LogP) is 2.99. The molecule has 0 aliphatic carbocycles. The van der Waals surface area contributed by atoms with E-state index in [1.54, 1.807) is 49.8 Å². The summed E-state index contributed by atoms with van der Waals surface area (Å²) in [6.07, 6.45) is 1.97. The van der Waals surface area contributed by atoms with Gasteiger partial charge in [-0.15, -0.1) is 0 Å². The molecule has 42 heavy (non-hydrogen) atoms. The van der Waals surface area contributed by atoms with Crippen molar-refractivity contribution in [2.45, 2.75) is 0 Å². The van der Waals surface area contributed by atoms with Gasteiger partial charge in [0.2, 0.25) is 5.69 Å². The first-order chi connectivity index (χ1) is 20.5. The molecule has 0 fully saturated rings. The van der Waals surface area contributed by atoms with Crippen LogP contribution in [0.4, 0.5) is 5.69 Å². The average molecular weight is 569 g/mol. The highest BCUT2D eigenvalue weighted by Gasteiger charge is 2.27. The summed E-state index contributed by atoms with van der Waals surface area (Å²) in [6.45, 7) is 0. The Hall–Kier alpha value is -5.11. The standard InChI is InChI=1S/C34H33NO7/c1-36-21-14-15-24-22(18-21)23(19-35-24)20-16-29(41-6)33(30(17-20)42-7)34(31-25(37-2)10-8-11-26(31)38-3)32-27(39-4)12-9-13-28(32)40-5/h8-19H,1-7H3/p+1. The summed E-state index contributed by atoms with van der Waals surface area (Å²) < 4.78 is 41.2. The van der Waals surface area contributed by atoms with Crippen molar-refractivity contribution in [2.75, 3.05) is 49.8 Å². The van der Waals surface area contributed by atoms with Crippen molar-refractivity contribution in [3.8, 4) is 40.2 Å². The van der Waals surface area contributed by atoms with Crippen LogP contribution in [0.25, 0.3) is 11.1 Å². The minimum atomic E-state index is 0.567. The normalized spacial score (nSPS) is 11.5. The lowest BCUT2D eigenvalue weighted by atomic mass is 9.91. The Labute approximate surface area is 245 Å². The maximum Gasteiger partial charge on any atom is 0.211 e. The smallest absolute Gasteiger partial charge is 0.211 e. The molecule has 1 heterocycles. The molecule has 4 aromatic rings. The fourth-order valence-corrected chi connectivity index (χ4v) is 5.35. The van der Waals surface area contributed by atoms with Gasteiger partial charge in [-0.25, -0.2) is 4.99 Å². The SMILES string of the molecule is COc1ccc2c(c1)C(=c1cc(OC)c(=C(c3c(OC)cccc3OC)c3c(OC)cccc3OC)c(OC)c1)C=[NH+]2. The maximum absolute atomic E-state index is 6.10. The molecule has 0 spiro atoms. The van der Waals surface area contributed by atoms with Gasteiger partial charge in [0.25, 0.3) is 0 Å². The largest absolute Gasteiger partial charge is 0.497 e. The maximum atomic E-state index is 6.10. The van der Waals surface area contributed by atoms with E-state index in [0.717, 1.165) is 27.8 Å². The fraction of sp³-hybridized carbons (Fsp3) is 0.206. The van der Waals surface area contributed by atoms with Gasteiger partial charge in [-0.05, 0) is 53.7 Å². The highest BCUT2D eigenvalue weighted by atomic mass is 16.5. The Bertz CT molecular complexity index is 1660. The van der Waals surface area contributed by atoms with Gasteiger partial charge in [0.15, 0.2) is 6.21 Å². The number of nitrogens with one attached hydrogen (secondary N) is 1. The second-order valence-corrected chi connectivity index (χ2v) is 9.32. The Morgan fingerprint density at radius 3 is 1.43 bits per heavy atom. The van der Waals surface area contributed by atoms with E-state index in [1.807, 2.05) is 72.9 Å². The van der Waals surface area contributed by atoms with Crippen molar-refractivity contribution >= 4 is 23.0 Å². The number of ether oxygens (including phenoxy) is 7. The molecule has 1 aliphatic rings. The van der Waals surface area contributed by atoms with Gasteiger partial charge in [-0.2, -0.15) is 0 Å². The van der Waals surface area contributed by atoms with Crippen molar-refractivity contribution in [1.29, 1.82) is 0 Å². The highest BCUT2D eigenvalue weighted by molar-refractivity contribution is 6.11. The molecule has 8 heteroatoms. The molecular formula is C34H34NO7+. The van der Waals surface area contributed by atoms with E-state index in [0.29, 0.717) is 56.4 Å². The van der Waals surface area contributed by atoms with Crippen LogP contribution < -0.4 is 48.6 Å². The molecule has 0 bridgehead atoms. The quantitative estimate of drug-likeness (QED) is 0.333. The first-order valence-electron chi connectivity index (χ1n) is 13.2. The number of methoxy groups -OCH3 is 7. The number of hydrogen-bond acceptors (Lipinski definition) is 7. The molecule has 4 aromatic carbocycles. The Balaban J connectivity index is 2.01. The number of fused-ring (bicyclic) bond motifs is 1. The third kappa shape index (κ3) is 4.85. The van der Waals surface area contributed by atoms with E-state index in [2.05, 4.69) is 4.99 Å². The van der Waals surface area contributed by atoms with Crippen LogP contribution in [0, 0.1) is 0 Å². The zero-order valence-electron chi connectivity index (χ0n) is 24.8. The van der Waals surface area contributed by atoms with Crippen LogP contribution in [0.2, 0.25) is 0 Å². The van der Waals surface area contributed by atoms with Crippen LogP contribution in [-0.4, -0.2) is 56.0 Å². The summed E-state index contributed by atoms with van der Waals surface area (Å²) in [5.74, 6) is 4.27. The van der Waals surface area contributed by atoms with E-state index in [1.165, 1.54) is 0 Å². The number of hydrogen-bond donors (Lipinski definition) is 1. The van der Waals surface area contributed by atoms with Gasteiger partial charge in [0, 0.05) is 11.6 Å². The average Bonchev–Trinajstić information content (AvgIpc) is 3.47. The second kappa shape index (κ2) is 12.2. The molecule has 0 aromatic heterocycles. The Kier molecular flexibility index (Phi) is 8.24. The lowest BCUT2D eigenvalue weighted by molar-refractivity contribution is -0.342. The fourth-order valence-electron chi connectivity index (χ4n) is 5.35. The van der Waals surface area contributed by atoms with Crippen molar-refractivity contribution < 1.29 is 38.2 Å². The second-order valence-electron chi connectivity index (χ2n) is 9.32. The minimum Gasteiger partial charge on any atom is -0.497 e. The Morgan fingerprint density at radius 2 is 1.00 bits per heavy atom. The lowest BCUT2D eigenvalue weighted by Gasteiger charge is -2.22. The summed E-state index contributed by atoms with van der Waals surface area (Å²) in [4.78, 5) is 3.35. The summed E-state index contributed by atoms with van der Waals surface area (Å²) in [5, 5.41) is 1.57. The van der Waals surface area contributed by atoms with Crippen molar-refractivity contribution in [2.24, 2.45) is 0 Å². The third-order valence-corrected chi connectivity index (χ3v) is 7.31. The van der Waals surface area contributed by atoms with Gasteiger partial charge in [-0.3, -0.25) is 0 Å². The summed E-state index contributed by atoms with van der Waals surface area (Å²) in [6, 6.07) is 21.2. The molecular weight excluding hydrogens is 534 g/mol. The van der Waals surface area contributed by atoms with E-state index in [4.69, 9.17) is 33.2 Å². The molecule has 0 amide bonds. The van der Waals surface area contributed by atoms with Crippen LogP contribution in [0.5, 0.6) is 40.2 Å². The summed E-state index contributed by atoms with van der Waals surface area (Å²) >= 11 is 0. The van der Waals surface area contributed by atoms with Crippen LogP contribution in [0.3, 0.4) is 0 Å². The monoisotopic (exact) mass is 568 g/mol. The summed E-state index contributed by atoms with van der Waals surface area (Å²) in [7, 11) is 11.4. The molecule has 1 N–H and O–H groups in total. The zero-order valence-corrected chi connectivity index (χ0v) is 24.8. The lowest BCUT2D eigenvalue weighted by Crippen LogP contribution is -2.59. The third-order valence-electron chi connectivity index (χ3n) is 7.31. The molecule has 0 unspecified atom stereocenters. The Morgan fingerprint density at radius 1 is 0.524 bits per heavy atom. The number of benzene rings is 4. The van der Waals surface area contributed by atoms with Gasteiger partial charge < -0.3 is 33.2 Å². The van der Waals surface area contributed by atoms with Crippen LogP contribution in [0.15, 0.2) is 66.7 Å². The van der Waals surface area contributed by atoms with E-state index < -0.39 is 0 Å². The van der Waals surface area contributed by atoms with Crippen LogP contribution in [0.1, 0.15) is 16.7 Å². The first-order valence-corrected chi connectivity index (χ1v) is 13.2. The topological polar surface area (TPSA) is 78.6 Å². The van der Waals surface area contributed by atoms with Gasteiger partial charge in [0.1, 0.15) is 40.2 Å². The van der Waals surface area contributed by atoms with Gasteiger partial charge >= 0.3 is 0 Å². The molecule has 216 valence electrons. The molecule has 0 saturated heterocycles. The van der Waals surface area contributed by atoms with Crippen molar-refractivity contribution in [1.82, 2.24) is 0 Å². The van der Waals surface area contributed by atoms with Crippen LogP contribution >= 0.6 is 0 Å². The molecule has 8 nitrogen and oxygen atoms in total. The van der Waals surface area contributed by atoms with E-state index in [-0.39, 0.29) is 0 Å². The zero-order chi connectivity index (χ0) is 29.8. The molecule has 0 atom stereocenters. The van der Waals surface area contributed by atoms with Gasteiger partial charge in [-0.1, -0.05) is 12.1 Å².